The third kappa shape index (κ3) is 5.05. The van der Waals surface area contributed by atoms with Gasteiger partial charge >= 0.3 is 6.03 Å². The van der Waals surface area contributed by atoms with Crippen molar-refractivity contribution in [2.75, 3.05) is 24.8 Å². The molecule has 144 valence electrons. The van der Waals surface area contributed by atoms with Crippen LogP contribution >= 0.6 is 0 Å². The van der Waals surface area contributed by atoms with Gasteiger partial charge in [-0.3, -0.25) is 10.7 Å². The maximum atomic E-state index is 12.1. The second kappa shape index (κ2) is 9.34. The summed E-state index contributed by atoms with van der Waals surface area (Å²) >= 11 is 0. The molecular formula is C17H22N6O4. The van der Waals surface area contributed by atoms with Crippen molar-refractivity contribution < 1.29 is 19.4 Å². The number of urea groups is 1. The van der Waals surface area contributed by atoms with E-state index in [9.17, 15) is 9.90 Å². The lowest BCUT2D eigenvalue weighted by Gasteiger charge is -2.14. The molecule has 10 heteroatoms. The van der Waals surface area contributed by atoms with Crippen LogP contribution < -0.4 is 21.1 Å². The Hall–Kier alpha value is -3.40. The largest absolute Gasteiger partial charge is 0.481 e. The van der Waals surface area contributed by atoms with Crippen LogP contribution in [0, 0.1) is 5.41 Å². The van der Waals surface area contributed by atoms with Gasteiger partial charge in [-0.1, -0.05) is 6.07 Å². The molecule has 0 saturated heterocycles. The van der Waals surface area contributed by atoms with Crippen LogP contribution in [0.3, 0.4) is 0 Å². The number of amides is 2. The van der Waals surface area contributed by atoms with Crippen molar-refractivity contribution in [2.45, 2.75) is 20.1 Å². The molecule has 0 bridgehead atoms. The van der Waals surface area contributed by atoms with Gasteiger partial charge < -0.3 is 25.6 Å². The molecule has 0 aromatic carbocycles. The maximum absolute atomic E-state index is 12.1. The number of ether oxygens (including phenoxy) is 2. The first kappa shape index (κ1) is 19.9. The van der Waals surface area contributed by atoms with Crippen LogP contribution in [0.1, 0.15) is 23.7 Å². The molecule has 6 N–H and O–H groups in total. The SMILES string of the molecule is CCOc1ncccc1CNC(=O)Nc1cc(N)c(C(=N)OC)c(CO)n1. The molecule has 0 unspecified atom stereocenters. The van der Waals surface area contributed by atoms with Crippen LogP contribution in [-0.4, -0.2) is 40.7 Å². The highest BCUT2D eigenvalue weighted by atomic mass is 16.5. The lowest BCUT2D eigenvalue weighted by molar-refractivity contribution is 0.251. The third-order valence-electron chi connectivity index (χ3n) is 3.52. The van der Waals surface area contributed by atoms with Gasteiger partial charge in [-0.25, -0.2) is 14.8 Å². The number of hydrogen-bond acceptors (Lipinski definition) is 8. The Kier molecular flexibility index (Phi) is 6.89. The molecule has 0 atom stereocenters. The van der Waals surface area contributed by atoms with E-state index in [0.717, 1.165) is 5.56 Å². The number of aromatic nitrogens is 2. The summed E-state index contributed by atoms with van der Waals surface area (Å²) in [4.78, 5) is 20.4. The monoisotopic (exact) mass is 374 g/mol. The highest BCUT2D eigenvalue weighted by Gasteiger charge is 2.16. The number of aliphatic hydroxyl groups excluding tert-OH is 1. The number of anilines is 2. The summed E-state index contributed by atoms with van der Waals surface area (Å²) < 4.78 is 10.2. The van der Waals surface area contributed by atoms with Gasteiger partial charge in [0.25, 0.3) is 0 Å². The zero-order valence-corrected chi connectivity index (χ0v) is 15.1. The molecule has 0 saturated carbocycles. The van der Waals surface area contributed by atoms with Crippen LogP contribution in [0.5, 0.6) is 5.88 Å². The van der Waals surface area contributed by atoms with Crippen molar-refractivity contribution in [3.8, 4) is 5.88 Å². The van der Waals surface area contributed by atoms with Crippen LogP contribution in [0.15, 0.2) is 24.4 Å². The Balaban J connectivity index is 2.08. The van der Waals surface area contributed by atoms with Crippen LogP contribution in [-0.2, 0) is 17.9 Å². The number of nitrogens with zero attached hydrogens (tertiary/aromatic N) is 2. The number of nitrogen functional groups attached to an aromatic ring is 1. The predicted octanol–water partition coefficient (Wildman–Crippen LogP) is 1.24. The average Bonchev–Trinajstić information content (AvgIpc) is 2.66. The molecule has 2 amide bonds. The van der Waals surface area contributed by atoms with Gasteiger partial charge in [-0.15, -0.1) is 0 Å². The molecule has 0 aliphatic heterocycles. The molecule has 2 aromatic rings. The normalized spacial score (nSPS) is 10.2. The van der Waals surface area contributed by atoms with Crippen LogP contribution in [0.4, 0.5) is 16.3 Å². The minimum absolute atomic E-state index is 0.128. The van der Waals surface area contributed by atoms with E-state index in [4.69, 9.17) is 20.6 Å². The molecule has 0 aliphatic rings. The first-order chi connectivity index (χ1) is 13.0. The van der Waals surface area contributed by atoms with Gasteiger partial charge in [0.1, 0.15) is 5.82 Å². The molecule has 2 rings (SSSR count). The summed E-state index contributed by atoms with van der Waals surface area (Å²) in [5.74, 6) is 0.366. The average molecular weight is 374 g/mol. The van der Waals surface area contributed by atoms with Gasteiger partial charge in [-0.2, -0.15) is 0 Å². The number of nitrogens with two attached hydrogens (primary N) is 1. The minimum atomic E-state index is -0.522. The van der Waals surface area contributed by atoms with Crippen molar-refractivity contribution in [3.63, 3.8) is 0 Å². The number of nitrogens with one attached hydrogen (secondary N) is 3. The van der Waals surface area contributed by atoms with Crippen molar-refractivity contribution >= 4 is 23.4 Å². The number of hydrogen-bond donors (Lipinski definition) is 5. The molecule has 10 nitrogen and oxygen atoms in total. The topological polar surface area (TPSA) is 155 Å². The lowest BCUT2D eigenvalue weighted by Crippen LogP contribution is -2.29. The fraction of sp³-hybridized carbons (Fsp3) is 0.294. The Bertz CT molecular complexity index is 827. The number of carbonyl (C=O) groups excluding carboxylic acids is 1. The second-order valence-corrected chi connectivity index (χ2v) is 5.32. The van der Waals surface area contributed by atoms with E-state index >= 15 is 0 Å². The fourth-order valence-corrected chi connectivity index (χ4v) is 2.32. The van der Waals surface area contributed by atoms with Crippen LogP contribution in [0.2, 0.25) is 0 Å². The number of rotatable bonds is 7. The summed E-state index contributed by atoms with van der Waals surface area (Å²) in [5, 5.41) is 22.4. The molecule has 27 heavy (non-hydrogen) atoms. The van der Waals surface area contributed by atoms with Gasteiger partial charge in [0.15, 0.2) is 0 Å². The lowest BCUT2D eigenvalue weighted by atomic mass is 10.1. The first-order valence-corrected chi connectivity index (χ1v) is 8.14. The number of pyridine rings is 2. The summed E-state index contributed by atoms with van der Waals surface area (Å²) in [6.07, 6.45) is 1.61. The third-order valence-corrected chi connectivity index (χ3v) is 3.52. The van der Waals surface area contributed by atoms with E-state index < -0.39 is 12.6 Å². The maximum Gasteiger partial charge on any atom is 0.320 e. The number of aliphatic hydroxyl groups is 1. The highest BCUT2D eigenvalue weighted by Crippen LogP contribution is 2.21. The van der Waals surface area contributed by atoms with Gasteiger partial charge in [-0.05, 0) is 13.0 Å². The molecule has 2 aromatic heterocycles. The van der Waals surface area contributed by atoms with E-state index in [1.165, 1.54) is 13.2 Å². The number of methoxy groups -OCH3 is 1. The number of carbonyl (C=O) groups is 1. The van der Waals surface area contributed by atoms with E-state index in [0.29, 0.717) is 12.5 Å². The summed E-state index contributed by atoms with van der Waals surface area (Å²) in [6.45, 7) is 2.05. The van der Waals surface area contributed by atoms with Gasteiger partial charge in [0.05, 0.1) is 31.6 Å². The molecule has 0 spiro atoms. The molecule has 2 heterocycles. The van der Waals surface area contributed by atoms with Gasteiger partial charge in [0, 0.05) is 30.1 Å². The molecule has 0 aliphatic carbocycles. The minimum Gasteiger partial charge on any atom is -0.481 e. The smallest absolute Gasteiger partial charge is 0.320 e. The van der Waals surface area contributed by atoms with Crippen molar-refractivity contribution in [3.05, 3.63) is 41.2 Å². The zero-order chi connectivity index (χ0) is 19.8. The highest BCUT2D eigenvalue weighted by molar-refractivity contribution is 5.99. The van der Waals surface area contributed by atoms with Crippen LogP contribution in [0.25, 0.3) is 0 Å². The Morgan fingerprint density at radius 3 is 2.89 bits per heavy atom. The summed E-state index contributed by atoms with van der Waals surface area (Å²) in [5.41, 5.74) is 7.09. The molecule has 0 fully saturated rings. The zero-order valence-electron chi connectivity index (χ0n) is 15.1. The summed E-state index contributed by atoms with van der Waals surface area (Å²) in [7, 11) is 1.32. The van der Waals surface area contributed by atoms with E-state index in [1.807, 2.05) is 6.92 Å². The Morgan fingerprint density at radius 2 is 2.22 bits per heavy atom. The van der Waals surface area contributed by atoms with E-state index in [2.05, 4.69) is 20.6 Å². The van der Waals surface area contributed by atoms with E-state index in [-0.39, 0.29) is 35.2 Å². The second-order valence-electron chi connectivity index (χ2n) is 5.32. The fourth-order valence-electron chi connectivity index (χ4n) is 2.32. The Morgan fingerprint density at radius 1 is 1.44 bits per heavy atom. The first-order valence-electron chi connectivity index (χ1n) is 8.14. The van der Waals surface area contributed by atoms with Gasteiger partial charge in [0.2, 0.25) is 11.8 Å². The standard InChI is InChI=1S/C17H22N6O4/c1-3-27-16-10(5-4-6-20-16)8-21-17(25)23-13-7-11(18)14(15(19)26-2)12(9-24)22-13/h4-7,19,24H,3,8-9H2,1-2H3,(H4,18,21,22,23,25). The van der Waals surface area contributed by atoms with Crippen molar-refractivity contribution in [1.82, 2.24) is 15.3 Å². The molecule has 0 radical (unpaired) electrons. The Labute approximate surface area is 156 Å². The summed E-state index contributed by atoms with van der Waals surface area (Å²) in [6, 6.07) is 4.41. The van der Waals surface area contributed by atoms with E-state index in [1.54, 1.807) is 18.3 Å². The molecular weight excluding hydrogens is 352 g/mol. The van der Waals surface area contributed by atoms with Crippen molar-refractivity contribution in [2.24, 2.45) is 0 Å². The predicted molar refractivity (Wildman–Crippen MR) is 99.7 cm³/mol. The quantitative estimate of drug-likeness (QED) is 0.360. The van der Waals surface area contributed by atoms with Crippen molar-refractivity contribution in [1.29, 1.82) is 5.41 Å².